The number of hydrogen-bond donors (Lipinski definition) is 1. The van der Waals surface area contributed by atoms with Crippen LogP contribution in [0.2, 0.25) is 0 Å². The highest BCUT2D eigenvalue weighted by atomic mass is 16.5. The van der Waals surface area contributed by atoms with E-state index in [1.165, 1.54) is 6.33 Å². The summed E-state index contributed by atoms with van der Waals surface area (Å²) in [7, 11) is 0. The summed E-state index contributed by atoms with van der Waals surface area (Å²) in [5, 5.41) is 22.0. The molecule has 14 nitrogen and oxygen atoms in total. The second-order valence-corrected chi connectivity index (χ2v) is 12.1. The molecule has 0 unspecified atom stereocenters. The molecule has 0 amide bonds. The van der Waals surface area contributed by atoms with Gasteiger partial charge >= 0.3 is 0 Å². The highest BCUT2D eigenvalue weighted by Gasteiger charge is 2.29. The van der Waals surface area contributed by atoms with Crippen molar-refractivity contribution in [2.45, 2.75) is 70.7 Å². The zero-order valence-electron chi connectivity index (χ0n) is 27.7. The molecular weight excluding hydrogens is 612 g/mol. The molecule has 0 bridgehead atoms. The van der Waals surface area contributed by atoms with Crippen LogP contribution in [0.1, 0.15) is 57.6 Å². The zero-order valence-corrected chi connectivity index (χ0v) is 27.7. The van der Waals surface area contributed by atoms with Gasteiger partial charge in [-0.25, -0.2) is 19.6 Å². The predicted octanol–water partition coefficient (Wildman–Crippen LogP) is 4.64. The molecule has 3 aromatic heterocycles. The van der Waals surface area contributed by atoms with Gasteiger partial charge in [0, 0.05) is 56.7 Å². The number of morpholine rings is 1. The molecule has 6 rings (SSSR count). The molecule has 1 aliphatic carbocycles. The number of anilines is 2. The molecule has 4 aromatic rings. The van der Waals surface area contributed by atoms with Crippen LogP contribution in [0.15, 0.2) is 49.4 Å². The van der Waals surface area contributed by atoms with Crippen LogP contribution in [0, 0.1) is 11.3 Å². The first-order valence-corrected chi connectivity index (χ1v) is 16.8. The maximum atomic E-state index is 9.67. The summed E-state index contributed by atoms with van der Waals surface area (Å²) in [6.07, 6.45) is 13.6. The number of benzene rings is 1. The molecule has 1 N–H and O–H groups in total. The van der Waals surface area contributed by atoms with Gasteiger partial charge in [-0.15, -0.1) is 5.10 Å². The van der Waals surface area contributed by atoms with Gasteiger partial charge in [0.1, 0.15) is 36.3 Å². The Morgan fingerprint density at radius 1 is 1.06 bits per heavy atom. The first kappa shape index (κ1) is 33.3. The van der Waals surface area contributed by atoms with E-state index in [0.717, 1.165) is 75.2 Å². The summed E-state index contributed by atoms with van der Waals surface area (Å²) in [5.41, 5.74) is 2.80. The molecule has 1 aliphatic heterocycles. The summed E-state index contributed by atoms with van der Waals surface area (Å²) < 4.78 is 27.0. The van der Waals surface area contributed by atoms with Crippen molar-refractivity contribution in [2.75, 3.05) is 51.4 Å². The van der Waals surface area contributed by atoms with E-state index in [9.17, 15) is 5.26 Å². The lowest BCUT2D eigenvalue weighted by Gasteiger charge is -2.38. The first-order valence-electron chi connectivity index (χ1n) is 16.8. The Bertz CT molecular complexity index is 1610. The third-order valence-electron chi connectivity index (χ3n) is 8.75. The second-order valence-electron chi connectivity index (χ2n) is 12.1. The fourth-order valence-electron chi connectivity index (χ4n) is 6.26. The first-order chi connectivity index (χ1) is 23.6. The smallest absolute Gasteiger partial charge is 0.256 e. The van der Waals surface area contributed by atoms with E-state index in [4.69, 9.17) is 24.0 Å². The molecule has 48 heavy (non-hydrogen) atoms. The van der Waals surface area contributed by atoms with Crippen molar-refractivity contribution in [3.05, 3.63) is 55.0 Å². The van der Waals surface area contributed by atoms with Crippen LogP contribution in [-0.4, -0.2) is 97.7 Å². The van der Waals surface area contributed by atoms with Crippen molar-refractivity contribution in [3.63, 3.8) is 0 Å². The molecule has 1 saturated heterocycles. The summed E-state index contributed by atoms with van der Waals surface area (Å²) in [6, 6.07) is 8.58. The number of nitrogens with zero attached hydrogens (tertiary/aromatic N) is 9. The van der Waals surface area contributed by atoms with Crippen LogP contribution in [0.3, 0.4) is 0 Å². The molecule has 14 heteroatoms. The topological polar surface area (TPSA) is 150 Å². The lowest BCUT2D eigenvalue weighted by Crippen LogP contribution is -2.45. The molecule has 0 radical (unpaired) electrons. The van der Waals surface area contributed by atoms with Crippen LogP contribution in [0.4, 0.5) is 11.6 Å². The van der Waals surface area contributed by atoms with Gasteiger partial charge in [-0.3, -0.25) is 9.58 Å². The Labute approximate surface area is 281 Å². The SMILES string of the molecule is CCOCCCOc1nn(C2CCC(N3CCOCC3)CC2)cc1Nc1ncc(-c2ccc(C#N)c(O[C@@H](C)Cn3cncn3)c2)cn1. The van der Waals surface area contributed by atoms with E-state index in [-0.39, 0.29) is 6.10 Å². The molecule has 1 aromatic carbocycles. The van der Waals surface area contributed by atoms with Crippen LogP contribution in [0.5, 0.6) is 11.6 Å². The highest BCUT2D eigenvalue weighted by molar-refractivity contribution is 5.67. The standard InChI is InChI=1S/C34H44N10O4/c1-3-45-13-4-14-47-33-31(22-44(41-33)30-9-7-29(8-10-30)42-11-15-46-16-12-42)40-34-37-19-28(20-38-34)26-5-6-27(18-35)32(17-26)48-25(2)21-43-24-36-23-39-43/h5-6,17,19-20,22-25,29-30H,3-4,7-16,21H2,1-2H3,(H,37,38,40)/t25-,29?,30?/m0/s1. The third-order valence-corrected chi connectivity index (χ3v) is 8.75. The van der Waals surface area contributed by atoms with Crippen molar-refractivity contribution < 1.29 is 18.9 Å². The fourth-order valence-corrected chi connectivity index (χ4v) is 6.26. The Balaban J connectivity index is 1.13. The lowest BCUT2D eigenvalue weighted by atomic mass is 9.90. The minimum Gasteiger partial charge on any atom is -0.487 e. The molecule has 1 saturated carbocycles. The summed E-state index contributed by atoms with van der Waals surface area (Å²) in [5.74, 6) is 1.45. The van der Waals surface area contributed by atoms with Gasteiger partial charge in [-0.1, -0.05) is 6.07 Å². The van der Waals surface area contributed by atoms with E-state index >= 15 is 0 Å². The number of aromatic nitrogens is 7. The van der Waals surface area contributed by atoms with Crippen LogP contribution >= 0.6 is 0 Å². The van der Waals surface area contributed by atoms with Crippen molar-refractivity contribution in [2.24, 2.45) is 0 Å². The van der Waals surface area contributed by atoms with Crippen molar-refractivity contribution in [1.82, 2.24) is 39.4 Å². The van der Waals surface area contributed by atoms with Gasteiger partial charge in [0.15, 0.2) is 0 Å². The number of nitrogens with one attached hydrogen (secondary N) is 1. The zero-order chi connectivity index (χ0) is 33.1. The quantitative estimate of drug-likeness (QED) is 0.178. The summed E-state index contributed by atoms with van der Waals surface area (Å²) >= 11 is 0. The monoisotopic (exact) mass is 656 g/mol. The maximum absolute atomic E-state index is 9.67. The highest BCUT2D eigenvalue weighted by Crippen LogP contribution is 2.35. The van der Waals surface area contributed by atoms with Gasteiger partial charge < -0.3 is 24.3 Å². The van der Waals surface area contributed by atoms with E-state index < -0.39 is 0 Å². The maximum Gasteiger partial charge on any atom is 0.256 e. The van der Waals surface area contributed by atoms with Gasteiger partial charge in [-0.2, -0.15) is 10.4 Å². The minimum absolute atomic E-state index is 0.229. The van der Waals surface area contributed by atoms with Gasteiger partial charge in [0.2, 0.25) is 5.95 Å². The molecule has 0 spiro atoms. The van der Waals surface area contributed by atoms with E-state index in [1.54, 1.807) is 29.5 Å². The van der Waals surface area contributed by atoms with Crippen LogP contribution < -0.4 is 14.8 Å². The normalized spacial score (nSPS) is 19.0. The van der Waals surface area contributed by atoms with Crippen molar-refractivity contribution >= 4 is 11.6 Å². The molecule has 1 atom stereocenters. The Hall–Kier alpha value is -4.58. The average Bonchev–Trinajstić information content (AvgIpc) is 3.79. The molecule has 4 heterocycles. The van der Waals surface area contributed by atoms with E-state index in [0.29, 0.717) is 61.6 Å². The van der Waals surface area contributed by atoms with Crippen molar-refractivity contribution in [1.29, 1.82) is 5.26 Å². The summed E-state index contributed by atoms with van der Waals surface area (Å²) in [4.78, 5) is 15.8. The molecule has 254 valence electrons. The van der Waals surface area contributed by atoms with E-state index in [2.05, 4.69) is 36.3 Å². The predicted molar refractivity (Wildman–Crippen MR) is 178 cm³/mol. The number of rotatable bonds is 15. The Kier molecular flexibility index (Phi) is 11.5. The van der Waals surface area contributed by atoms with Crippen LogP contribution in [-0.2, 0) is 16.0 Å². The second kappa shape index (κ2) is 16.5. The number of nitriles is 1. The van der Waals surface area contributed by atoms with Gasteiger partial charge in [0.25, 0.3) is 5.88 Å². The van der Waals surface area contributed by atoms with Gasteiger partial charge in [0.05, 0.1) is 44.2 Å². The lowest BCUT2D eigenvalue weighted by molar-refractivity contribution is 0.00502. The van der Waals surface area contributed by atoms with Crippen LogP contribution in [0.25, 0.3) is 11.1 Å². The number of ether oxygens (including phenoxy) is 4. The Morgan fingerprint density at radius 3 is 2.58 bits per heavy atom. The average molecular weight is 657 g/mol. The minimum atomic E-state index is -0.229. The molecule has 2 fully saturated rings. The third kappa shape index (κ3) is 8.66. The van der Waals surface area contributed by atoms with Gasteiger partial charge in [-0.05, 0) is 57.2 Å². The fraction of sp³-hybridized carbons (Fsp3) is 0.529. The number of hydrogen-bond acceptors (Lipinski definition) is 12. The molecular formula is C34H44N10O4. The largest absolute Gasteiger partial charge is 0.487 e. The van der Waals surface area contributed by atoms with Crippen molar-refractivity contribution in [3.8, 4) is 28.8 Å². The molecule has 2 aliphatic rings. The summed E-state index contributed by atoms with van der Waals surface area (Å²) in [6.45, 7) is 9.93. The van der Waals surface area contributed by atoms with E-state index in [1.807, 2.05) is 36.9 Å². The Morgan fingerprint density at radius 2 is 1.85 bits per heavy atom.